The summed E-state index contributed by atoms with van der Waals surface area (Å²) in [6, 6.07) is 12.9. The molecule has 0 saturated carbocycles. The van der Waals surface area contributed by atoms with Crippen LogP contribution >= 0.6 is 0 Å². The van der Waals surface area contributed by atoms with Crippen molar-refractivity contribution < 1.29 is 13.3 Å². The molecule has 0 heterocycles. The molecule has 0 amide bonds. The summed E-state index contributed by atoms with van der Waals surface area (Å²) in [6.45, 7) is 11.7. The summed E-state index contributed by atoms with van der Waals surface area (Å²) in [5, 5.41) is 2.70. The van der Waals surface area contributed by atoms with Gasteiger partial charge in [-0.15, -0.1) is 6.58 Å². The van der Waals surface area contributed by atoms with E-state index in [1.807, 2.05) is 26.8 Å². The van der Waals surface area contributed by atoms with Crippen LogP contribution in [0.1, 0.15) is 37.8 Å². The van der Waals surface area contributed by atoms with Crippen molar-refractivity contribution in [1.29, 1.82) is 0 Å². The van der Waals surface area contributed by atoms with Crippen molar-refractivity contribution in [2.24, 2.45) is 0 Å². The first-order valence-corrected chi connectivity index (χ1v) is 10.0. The first-order chi connectivity index (χ1) is 12.2. The molecule has 1 aliphatic rings. The molecule has 1 radical (unpaired) electrons. The van der Waals surface area contributed by atoms with Crippen molar-refractivity contribution in [3.63, 3.8) is 0 Å². The van der Waals surface area contributed by atoms with Crippen molar-refractivity contribution in [3.8, 4) is 0 Å². The van der Waals surface area contributed by atoms with E-state index in [9.17, 15) is 0 Å². The van der Waals surface area contributed by atoms with E-state index in [1.165, 1.54) is 21.9 Å². The predicted octanol–water partition coefficient (Wildman–Crippen LogP) is 5.22. The second-order valence-corrected chi connectivity index (χ2v) is 6.83. The minimum absolute atomic E-state index is 0.364. The average molecular weight is 356 g/mol. The van der Waals surface area contributed by atoms with E-state index in [-0.39, 0.29) is 0 Å². The van der Waals surface area contributed by atoms with Gasteiger partial charge in [0.25, 0.3) is 0 Å². The van der Waals surface area contributed by atoms with E-state index < -0.39 is 9.53 Å². The van der Waals surface area contributed by atoms with E-state index in [0.717, 1.165) is 0 Å². The maximum atomic E-state index is 5.18. The van der Waals surface area contributed by atoms with Crippen LogP contribution in [-0.4, -0.2) is 29.3 Å². The second-order valence-electron chi connectivity index (χ2n) is 5.46. The zero-order chi connectivity index (χ0) is 18.1. The minimum atomic E-state index is -1.40. The first kappa shape index (κ1) is 19.6. The van der Waals surface area contributed by atoms with Gasteiger partial charge in [0.05, 0.1) is 0 Å². The highest BCUT2D eigenvalue weighted by Gasteiger charge is 2.15. The molecular formula is C21H27O3Si. The van der Waals surface area contributed by atoms with Gasteiger partial charge in [0.15, 0.2) is 0 Å². The van der Waals surface area contributed by atoms with Crippen LogP contribution in [0.25, 0.3) is 16.8 Å². The quantitative estimate of drug-likeness (QED) is 0.503. The van der Waals surface area contributed by atoms with Crippen molar-refractivity contribution in [3.05, 3.63) is 66.3 Å². The topological polar surface area (TPSA) is 27.7 Å². The van der Waals surface area contributed by atoms with E-state index in [1.54, 1.807) is 0 Å². The largest absolute Gasteiger partial charge is 0.577 e. The molecule has 0 fully saturated rings. The summed E-state index contributed by atoms with van der Waals surface area (Å²) in [4.78, 5) is 0. The smallest absolute Gasteiger partial charge is 0.371 e. The molecule has 1 aliphatic carbocycles. The molecule has 1 unspecified atom stereocenters. The predicted molar refractivity (Wildman–Crippen MR) is 107 cm³/mol. The van der Waals surface area contributed by atoms with Crippen LogP contribution in [0.4, 0.5) is 0 Å². The minimum Gasteiger partial charge on any atom is -0.371 e. The van der Waals surface area contributed by atoms with E-state index in [0.29, 0.717) is 25.7 Å². The van der Waals surface area contributed by atoms with Crippen LogP contribution in [0.15, 0.2) is 55.1 Å². The molecule has 0 aromatic heterocycles. The van der Waals surface area contributed by atoms with Gasteiger partial charge < -0.3 is 13.3 Å². The molecule has 3 rings (SSSR count). The van der Waals surface area contributed by atoms with Crippen molar-refractivity contribution in [2.45, 2.75) is 26.7 Å². The Morgan fingerprint density at radius 3 is 2.12 bits per heavy atom. The molecule has 0 spiro atoms. The zero-order valence-electron chi connectivity index (χ0n) is 15.3. The number of hydrogen-bond donors (Lipinski definition) is 0. The molecule has 0 saturated heterocycles. The Kier molecular flexibility index (Phi) is 8.08. The lowest BCUT2D eigenvalue weighted by atomic mass is 9.86. The Balaban J connectivity index is 0.000000199. The van der Waals surface area contributed by atoms with E-state index in [2.05, 4.69) is 55.1 Å². The van der Waals surface area contributed by atoms with Gasteiger partial charge >= 0.3 is 9.53 Å². The fourth-order valence-corrected chi connectivity index (χ4v) is 3.77. The summed E-state index contributed by atoms with van der Waals surface area (Å²) in [7, 11) is -1.40. The lowest BCUT2D eigenvalue weighted by molar-refractivity contribution is 0.107. The Bertz CT molecular complexity index is 692. The Labute approximate surface area is 152 Å². The average Bonchev–Trinajstić information content (AvgIpc) is 2.64. The maximum absolute atomic E-state index is 5.18. The highest BCUT2D eigenvalue weighted by Crippen LogP contribution is 2.34. The highest BCUT2D eigenvalue weighted by molar-refractivity contribution is 6.36. The summed E-state index contributed by atoms with van der Waals surface area (Å²) in [5.41, 5.74) is 2.70. The van der Waals surface area contributed by atoms with Crippen LogP contribution in [0.3, 0.4) is 0 Å². The summed E-state index contributed by atoms with van der Waals surface area (Å²) >= 11 is 0. The first-order valence-electron chi connectivity index (χ1n) is 8.82. The number of hydrogen-bond acceptors (Lipinski definition) is 3. The third kappa shape index (κ3) is 5.12. The number of allylic oxidation sites excluding steroid dienone is 2. The highest BCUT2D eigenvalue weighted by atomic mass is 28.3. The maximum Gasteiger partial charge on any atom is 0.577 e. The fraction of sp³-hybridized carbons (Fsp3) is 0.333. The third-order valence-corrected chi connectivity index (χ3v) is 5.43. The molecule has 133 valence electrons. The van der Waals surface area contributed by atoms with Crippen LogP contribution in [0, 0.1) is 0 Å². The summed E-state index contributed by atoms with van der Waals surface area (Å²) in [6.07, 6.45) is 6.41. The third-order valence-electron chi connectivity index (χ3n) is 3.85. The SMILES string of the molecule is C=CC1C=Cc2cccc3cccc1c23.CCO[Si](OCC)OCC. The molecule has 3 nitrogen and oxygen atoms in total. The molecule has 0 N–H and O–H groups in total. The Hall–Kier alpha value is -1.72. The molecule has 2 aromatic rings. The molecule has 0 aliphatic heterocycles. The van der Waals surface area contributed by atoms with Crippen LogP contribution < -0.4 is 0 Å². The van der Waals surface area contributed by atoms with Gasteiger partial charge in [-0.2, -0.15) is 0 Å². The fourth-order valence-electron chi connectivity index (χ4n) is 2.81. The van der Waals surface area contributed by atoms with Crippen LogP contribution in [0.2, 0.25) is 0 Å². The number of benzene rings is 2. The Morgan fingerprint density at radius 2 is 1.56 bits per heavy atom. The van der Waals surface area contributed by atoms with Crippen molar-refractivity contribution in [1.82, 2.24) is 0 Å². The van der Waals surface area contributed by atoms with Gasteiger partial charge in [-0.05, 0) is 42.7 Å². The van der Waals surface area contributed by atoms with Crippen molar-refractivity contribution in [2.75, 3.05) is 19.8 Å². The molecular weight excluding hydrogens is 328 g/mol. The van der Waals surface area contributed by atoms with Gasteiger partial charge in [0, 0.05) is 25.7 Å². The van der Waals surface area contributed by atoms with Gasteiger partial charge in [0.2, 0.25) is 0 Å². The van der Waals surface area contributed by atoms with Crippen molar-refractivity contribution >= 4 is 26.4 Å². The normalized spacial score (nSPS) is 15.1. The van der Waals surface area contributed by atoms with Crippen LogP contribution in [-0.2, 0) is 13.3 Å². The van der Waals surface area contributed by atoms with Gasteiger partial charge in [-0.1, -0.05) is 54.6 Å². The molecule has 25 heavy (non-hydrogen) atoms. The van der Waals surface area contributed by atoms with E-state index in [4.69, 9.17) is 13.3 Å². The van der Waals surface area contributed by atoms with Gasteiger partial charge in [0.1, 0.15) is 0 Å². The van der Waals surface area contributed by atoms with Gasteiger partial charge in [-0.3, -0.25) is 0 Å². The molecule has 4 heteroatoms. The zero-order valence-corrected chi connectivity index (χ0v) is 16.3. The standard InChI is InChI=1S/C15H12.C6H15O3Si/c1-2-11-9-10-13-6-3-5-12-7-4-8-14(11)15(12)13;1-4-7-10(8-5-2)9-6-3/h2-11H,1H2;4-6H2,1-3H3. The molecule has 0 bridgehead atoms. The monoisotopic (exact) mass is 355 g/mol. The summed E-state index contributed by atoms with van der Waals surface area (Å²) < 4.78 is 15.5. The lowest BCUT2D eigenvalue weighted by Crippen LogP contribution is -2.27. The lowest BCUT2D eigenvalue weighted by Gasteiger charge is -2.18. The molecule has 2 aromatic carbocycles. The van der Waals surface area contributed by atoms with Crippen LogP contribution in [0.5, 0.6) is 0 Å². The second kappa shape index (κ2) is 10.3. The number of rotatable bonds is 7. The Morgan fingerprint density at radius 1 is 0.960 bits per heavy atom. The van der Waals surface area contributed by atoms with Gasteiger partial charge in [-0.25, -0.2) is 0 Å². The summed E-state index contributed by atoms with van der Waals surface area (Å²) in [5.74, 6) is 0.364. The van der Waals surface area contributed by atoms with E-state index >= 15 is 0 Å². The molecule has 1 atom stereocenters.